The average molecular weight is 325 g/mol. The smallest absolute Gasteiger partial charge is 0.288 e. The zero-order valence-corrected chi connectivity index (χ0v) is 10.1. The van der Waals surface area contributed by atoms with E-state index in [0.29, 0.717) is 4.88 Å². The van der Waals surface area contributed by atoms with Gasteiger partial charge in [0.1, 0.15) is 17.6 Å². The van der Waals surface area contributed by atoms with E-state index in [9.17, 15) is 9.90 Å². The van der Waals surface area contributed by atoms with E-state index < -0.39 is 6.10 Å². The van der Waals surface area contributed by atoms with Crippen molar-refractivity contribution in [1.29, 1.82) is 0 Å². The van der Waals surface area contributed by atoms with E-state index in [1.807, 2.05) is 11.4 Å². The first-order valence-corrected chi connectivity index (χ1v) is 6.00. The molecule has 1 atom stereocenters. The number of carbonyl (C=O) groups is 1. The summed E-state index contributed by atoms with van der Waals surface area (Å²) in [6.45, 7) is 0.459. The van der Waals surface area contributed by atoms with Gasteiger partial charge in [0.05, 0.1) is 6.54 Å². The lowest BCUT2D eigenvalue weighted by Crippen LogP contribution is -2.28. The lowest BCUT2D eigenvalue weighted by atomic mass is 10.4. The zero-order chi connectivity index (χ0) is 10.1. The molecule has 76 valence electrons. The maximum Gasteiger partial charge on any atom is 0.288 e. The Labute approximate surface area is 98.6 Å². The van der Waals surface area contributed by atoms with Gasteiger partial charge in [-0.25, -0.2) is 5.06 Å². The van der Waals surface area contributed by atoms with Crippen molar-refractivity contribution < 1.29 is 14.7 Å². The van der Waals surface area contributed by atoms with E-state index in [0.717, 1.165) is 3.57 Å². The van der Waals surface area contributed by atoms with Crippen molar-refractivity contribution in [2.75, 3.05) is 13.2 Å². The fraction of sp³-hybridized carbons (Fsp3) is 0.375. The van der Waals surface area contributed by atoms with Gasteiger partial charge in [0.15, 0.2) is 0 Å². The van der Waals surface area contributed by atoms with Crippen LogP contribution in [0.25, 0.3) is 0 Å². The molecule has 0 radical (unpaired) electrons. The first kappa shape index (κ1) is 10.3. The number of carbonyl (C=O) groups excluding carboxylic acids is 1. The van der Waals surface area contributed by atoms with Crippen LogP contribution < -0.4 is 0 Å². The van der Waals surface area contributed by atoms with Gasteiger partial charge in [-0.15, -0.1) is 11.3 Å². The molecule has 0 bridgehead atoms. The lowest BCUT2D eigenvalue weighted by Gasteiger charge is -2.12. The van der Waals surface area contributed by atoms with E-state index in [2.05, 4.69) is 22.6 Å². The molecule has 1 amide bonds. The number of aliphatic hydroxyl groups excluding tert-OH is 1. The third-order valence-corrected chi connectivity index (χ3v) is 4.00. The maximum absolute atomic E-state index is 11.8. The fourth-order valence-electron chi connectivity index (χ4n) is 1.17. The number of amides is 1. The van der Waals surface area contributed by atoms with E-state index >= 15 is 0 Å². The largest absolute Gasteiger partial charge is 0.389 e. The zero-order valence-electron chi connectivity index (χ0n) is 7.14. The standard InChI is InChI=1S/C8H8INO3S/c9-6-1-2-14-7(6)8(12)10-3-5(11)4-13-10/h1-2,5,11H,3-4H2. The molecule has 1 aliphatic rings. The van der Waals surface area contributed by atoms with Gasteiger partial charge in [0.2, 0.25) is 0 Å². The van der Waals surface area contributed by atoms with Crippen LogP contribution in [0.3, 0.4) is 0 Å². The molecular formula is C8H8INO3S. The van der Waals surface area contributed by atoms with Crippen LogP contribution in [0.2, 0.25) is 0 Å². The van der Waals surface area contributed by atoms with Crippen molar-refractivity contribution in [3.63, 3.8) is 0 Å². The molecule has 4 nitrogen and oxygen atoms in total. The predicted octanol–water partition coefficient (Wildman–Crippen LogP) is 1.10. The summed E-state index contributed by atoms with van der Waals surface area (Å²) in [5, 5.41) is 12.3. The molecule has 0 aromatic carbocycles. The molecule has 14 heavy (non-hydrogen) atoms. The Balaban J connectivity index is 2.13. The number of hydrogen-bond acceptors (Lipinski definition) is 4. The van der Waals surface area contributed by atoms with Crippen molar-refractivity contribution in [3.05, 3.63) is 19.9 Å². The molecule has 1 aromatic rings. The van der Waals surface area contributed by atoms with E-state index in [-0.39, 0.29) is 19.1 Å². The summed E-state index contributed by atoms with van der Waals surface area (Å²) >= 11 is 3.49. The monoisotopic (exact) mass is 325 g/mol. The van der Waals surface area contributed by atoms with Crippen molar-refractivity contribution in [2.45, 2.75) is 6.10 Å². The molecular weight excluding hydrogens is 317 g/mol. The summed E-state index contributed by atoms with van der Waals surface area (Å²) in [6.07, 6.45) is -0.559. The molecule has 2 rings (SSSR count). The molecule has 0 saturated carbocycles. The minimum Gasteiger partial charge on any atom is -0.389 e. The Morgan fingerprint density at radius 1 is 1.79 bits per heavy atom. The molecule has 2 heterocycles. The quantitative estimate of drug-likeness (QED) is 0.787. The molecule has 1 unspecified atom stereocenters. The molecule has 0 spiro atoms. The van der Waals surface area contributed by atoms with Crippen molar-refractivity contribution in [3.8, 4) is 0 Å². The molecule has 1 aromatic heterocycles. The van der Waals surface area contributed by atoms with Gasteiger partial charge < -0.3 is 5.11 Å². The van der Waals surface area contributed by atoms with Gasteiger partial charge in [0.25, 0.3) is 5.91 Å². The van der Waals surface area contributed by atoms with Gasteiger partial charge in [0, 0.05) is 3.57 Å². The highest BCUT2D eigenvalue weighted by Crippen LogP contribution is 2.22. The molecule has 6 heteroatoms. The number of aliphatic hydroxyl groups is 1. The molecule has 0 aliphatic carbocycles. The van der Waals surface area contributed by atoms with Crippen molar-refractivity contribution in [2.24, 2.45) is 0 Å². The van der Waals surface area contributed by atoms with Gasteiger partial charge in [-0.2, -0.15) is 0 Å². The molecule has 1 N–H and O–H groups in total. The Morgan fingerprint density at radius 3 is 3.07 bits per heavy atom. The summed E-state index contributed by atoms with van der Waals surface area (Å²) < 4.78 is 0.919. The van der Waals surface area contributed by atoms with Crippen LogP contribution in [0.1, 0.15) is 9.67 Å². The molecule has 1 fully saturated rings. The average Bonchev–Trinajstić information content (AvgIpc) is 2.73. The maximum atomic E-state index is 11.8. The van der Waals surface area contributed by atoms with Crippen LogP contribution in [0.4, 0.5) is 0 Å². The van der Waals surface area contributed by atoms with E-state index in [1.165, 1.54) is 16.4 Å². The van der Waals surface area contributed by atoms with E-state index in [1.54, 1.807) is 0 Å². The predicted molar refractivity (Wildman–Crippen MR) is 60.0 cm³/mol. The second-order valence-electron chi connectivity index (χ2n) is 2.91. The SMILES string of the molecule is O=C(c1sccc1I)N1CC(O)CO1. The van der Waals surface area contributed by atoms with Gasteiger partial charge >= 0.3 is 0 Å². The van der Waals surface area contributed by atoms with Crippen LogP contribution in [0.5, 0.6) is 0 Å². The second kappa shape index (κ2) is 4.13. The minimum atomic E-state index is -0.559. The van der Waals surface area contributed by atoms with Crippen molar-refractivity contribution >= 4 is 39.8 Å². The normalized spacial score (nSPS) is 21.6. The number of hydrogen-bond donors (Lipinski definition) is 1. The highest BCUT2D eigenvalue weighted by molar-refractivity contribution is 14.1. The van der Waals surface area contributed by atoms with Gasteiger partial charge in [-0.1, -0.05) is 0 Å². The van der Waals surface area contributed by atoms with Crippen LogP contribution in [-0.2, 0) is 4.84 Å². The highest BCUT2D eigenvalue weighted by atomic mass is 127. The van der Waals surface area contributed by atoms with Gasteiger partial charge in [-0.05, 0) is 34.0 Å². The third-order valence-electron chi connectivity index (χ3n) is 1.84. The topological polar surface area (TPSA) is 49.8 Å². The fourth-order valence-corrected chi connectivity index (χ4v) is 2.93. The third kappa shape index (κ3) is 1.92. The Morgan fingerprint density at radius 2 is 2.57 bits per heavy atom. The number of hydroxylamine groups is 2. The number of rotatable bonds is 1. The van der Waals surface area contributed by atoms with Crippen LogP contribution in [0, 0.1) is 3.57 Å². The summed E-state index contributed by atoms with van der Waals surface area (Å²) in [7, 11) is 0. The first-order chi connectivity index (χ1) is 6.68. The molecule has 1 aliphatic heterocycles. The summed E-state index contributed by atoms with van der Waals surface area (Å²) in [4.78, 5) is 17.5. The van der Waals surface area contributed by atoms with Crippen LogP contribution in [-0.4, -0.2) is 35.3 Å². The van der Waals surface area contributed by atoms with Crippen molar-refractivity contribution in [1.82, 2.24) is 5.06 Å². The number of β-amino-alcohol motifs (C(OH)–C–C–N with tert-alkyl or cyclic N) is 1. The summed E-state index contributed by atoms with van der Waals surface area (Å²) in [6, 6.07) is 1.88. The highest BCUT2D eigenvalue weighted by Gasteiger charge is 2.28. The Bertz CT molecular complexity index is 354. The van der Waals surface area contributed by atoms with Crippen LogP contribution >= 0.6 is 33.9 Å². The number of halogens is 1. The number of thiophene rings is 1. The van der Waals surface area contributed by atoms with Gasteiger partial charge in [-0.3, -0.25) is 9.63 Å². The first-order valence-electron chi connectivity index (χ1n) is 4.04. The molecule has 1 saturated heterocycles. The Hall–Kier alpha value is -0.180. The number of nitrogens with zero attached hydrogens (tertiary/aromatic N) is 1. The summed E-state index contributed by atoms with van der Waals surface area (Å²) in [5.74, 6) is -0.166. The lowest BCUT2D eigenvalue weighted by molar-refractivity contribution is -0.0777. The Kier molecular flexibility index (Phi) is 3.05. The summed E-state index contributed by atoms with van der Waals surface area (Å²) in [5.41, 5.74) is 0. The van der Waals surface area contributed by atoms with Crippen LogP contribution in [0.15, 0.2) is 11.4 Å². The second-order valence-corrected chi connectivity index (χ2v) is 4.99. The van der Waals surface area contributed by atoms with E-state index in [4.69, 9.17) is 4.84 Å². The minimum absolute atomic E-state index is 0.166.